The van der Waals surface area contributed by atoms with E-state index < -0.39 is 0 Å². The Hall–Kier alpha value is -1.66. The predicted octanol–water partition coefficient (Wildman–Crippen LogP) is 3.67. The van der Waals surface area contributed by atoms with Crippen LogP contribution < -0.4 is 5.32 Å². The van der Waals surface area contributed by atoms with Crippen LogP contribution in [0, 0.1) is 0 Å². The van der Waals surface area contributed by atoms with Crippen molar-refractivity contribution in [3.63, 3.8) is 0 Å². The average molecular weight is 288 g/mol. The molecule has 0 saturated heterocycles. The van der Waals surface area contributed by atoms with Crippen molar-refractivity contribution in [3.8, 4) is 0 Å². The van der Waals surface area contributed by atoms with Gasteiger partial charge in [0.15, 0.2) is 4.34 Å². The highest BCUT2D eigenvalue weighted by Crippen LogP contribution is 2.33. The molecule has 19 heavy (non-hydrogen) atoms. The monoisotopic (exact) mass is 288 g/mol. The fraction of sp³-hybridized carbons (Fsp3) is 0.154. The number of hydrogen-bond donors (Lipinski definition) is 1. The van der Waals surface area contributed by atoms with Gasteiger partial charge in [0.25, 0.3) is 0 Å². The van der Waals surface area contributed by atoms with Crippen LogP contribution in [0.3, 0.4) is 0 Å². The van der Waals surface area contributed by atoms with E-state index in [1.807, 2.05) is 42.8 Å². The third-order valence-electron chi connectivity index (χ3n) is 2.50. The smallest absolute Gasteiger partial charge is 0.224 e. The minimum absolute atomic E-state index is 0.667. The van der Waals surface area contributed by atoms with Gasteiger partial charge in [0.2, 0.25) is 5.95 Å². The van der Waals surface area contributed by atoms with Gasteiger partial charge in [0.1, 0.15) is 5.03 Å². The fourth-order valence-electron chi connectivity index (χ4n) is 1.71. The van der Waals surface area contributed by atoms with E-state index in [9.17, 15) is 0 Å². The summed E-state index contributed by atoms with van der Waals surface area (Å²) in [5.74, 6) is 0.667. The van der Waals surface area contributed by atoms with Crippen LogP contribution in [0.15, 0.2) is 45.2 Å². The number of rotatable bonds is 4. The van der Waals surface area contributed by atoms with Gasteiger partial charge in [0, 0.05) is 23.5 Å². The first-order valence-electron chi connectivity index (χ1n) is 5.95. The number of hydrogen-bond acceptors (Lipinski definition) is 6. The summed E-state index contributed by atoms with van der Waals surface area (Å²) in [5.41, 5.74) is 0.951. The van der Waals surface area contributed by atoms with E-state index in [4.69, 9.17) is 0 Å². The van der Waals surface area contributed by atoms with Gasteiger partial charge < -0.3 is 5.32 Å². The van der Waals surface area contributed by atoms with Gasteiger partial charge in [-0.2, -0.15) is 0 Å². The number of aromatic nitrogens is 3. The van der Waals surface area contributed by atoms with Crippen molar-refractivity contribution in [2.45, 2.75) is 16.3 Å². The zero-order valence-electron chi connectivity index (χ0n) is 10.3. The zero-order chi connectivity index (χ0) is 13.1. The first-order valence-corrected chi connectivity index (χ1v) is 7.64. The SMILES string of the molecule is CCNc1nc(Sc2nccs2)c2ccccc2n1. The first kappa shape index (κ1) is 12.4. The molecule has 3 aromatic rings. The van der Waals surface area contributed by atoms with Crippen LogP contribution in [0.4, 0.5) is 5.95 Å². The predicted molar refractivity (Wildman–Crippen MR) is 79.9 cm³/mol. The fourth-order valence-corrected chi connectivity index (χ4v) is 3.36. The molecule has 0 radical (unpaired) electrons. The first-order chi connectivity index (χ1) is 9.36. The summed E-state index contributed by atoms with van der Waals surface area (Å²) in [5, 5.41) is 7.14. The van der Waals surface area contributed by atoms with Gasteiger partial charge >= 0.3 is 0 Å². The third kappa shape index (κ3) is 2.69. The van der Waals surface area contributed by atoms with Crippen LogP contribution in [0.25, 0.3) is 10.9 Å². The summed E-state index contributed by atoms with van der Waals surface area (Å²) in [6, 6.07) is 8.04. The average Bonchev–Trinajstić information content (AvgIpc) is 2.92. The summed E-state index contributed by atoms with van der Waals surface area (Å²) in [6.07, 6.45) is 1.81. The lowest BCUT2D eigenvalue weighted by Gasteiger charge is -2.07. The highest BCUT2D eigenvalue weighted by atomic mass is 32.2. The molecule has 6 heteroatoms. The van der Waals surface area contributed by atoms with Gasteiger partial charge in [0.05, 0.1) is 5.52 Å². The Kier molecular flexibility index (Phi) is 3.61. The molecule has 1 N–H and O–H groups in total. The van der Waals surface area contributed by atoms with Crippen molar-refractivity contribution in [3.05, 3.63) is 35.8 Å². The molecule has 0 unspecified atom stereocenters. The van der Waals surface area contributed by atoms with Gasteiger partial charge in [-0.05, 0) is 24.8 Å². The Morgan fingerprint density at radius 3 is 2.95 bits per heavy atom. The Morgan fingerprint density at radius 1 is 1.26 bits per heavy atom. The minimum Gasteiger partial charge on any atom is -0.354 e. The van der Waals surface area contributed by atoms with Gasteiger partial charge in [-0.15, -0.1) is 11.3 Å². The summed E-state index contributed by atoms with van der Waals surface area (Å²) < 4.78 is 0.992. The van der Waals surface area contributed by atoms with Crippen molar-refractivity contribution in [2.24, 2.45) is 0 Å². The van der Waals surface area contributed by atoms with Crippen molar-refractivity contribution in [2.75, 3.05) is 11.9 Å². The number of benzene rings is 1. The Balaban J connectivity index is 2.09. The van der Waals surface area contributed by atoms with Crippen LogP contribution in [0.2, 0.25) is 0 Å². The third-order valence-corrected chi connectivity index (χ3v) is 4.38. The number of thiazole rings is 1. The van der Waals surface area contributed by atoms with Crippen molar-refractivity contribution >= 4 is 39.9 Å². The van der Waals surface area contributed by atoms with Crippen molar-refractivity contribution in [1.29, 1.82) is 0 Å². The van der Waals surface area contributed by atoms with E-state index in [2.05, 4.69) is 20.3 Å². The largest absolute Gasteiger partial charge is 0.354 e. The van der Waals surface area contributed by atoms with E-state index in [1.54, 1.807) is 23.1 Å². The minimum atomic E-state index is 0.667. The second-order valence-electron chi connectivity index (χ2n) is 3.80. The molecule has 0 bridgehead atoms. The molecule has 0 amide bonds. The summed E-state index contributed by atoms with van der Waals surface area (Å²) in [4.78, 5) is 13.4. The summed E-state index contributed by atoms with van der Waals surface area (Å²) in [6.45, 7) is 2.84. The zero-order valence-corrected chi connectivity index (χ0v) is 12.0. The Morgan fingerprint density at radius 2 is 2.16 bits per heavy atom. The molecule has 2 heterocycles. The quantitative estimate of drug-likeness (QED) is 0.742. The highest BCUT2D eigenvalue weighted by Gasteiger charge is 2.09. The lowest BCUT2D eigenvalue weighted by atomic mass is 10.2. The molecule has 0 aliphatic carbocycles. The van der Waals surface area contributed by atoms with Crippen LogP contribution in [0.5, 0.6) is 0 Å². The van der Waals surface area contributed by atoms with Gasteiger partial charge in [-0.3, -0.25) is 0 Å². The molecular weight excluding hydrogens is 276 g/mol. The summed E-state index contributed by atoms with van der Waals surface area (Å²) in [7, 11) is 0. The number of fused-ring (bicyclic) bond motifs is 1. The van der Waals surface area contributed by atoms with E-state index in [1.165, 1.54) is 0 Å². The molecule has 96 valence electrons. The maximum absolute atomic E-state index is 4.57. The van der Waals surface area contributed by atoms with Gasteiger partial charge in [-0.1, -0.05) is 18.2 Å². The maximum atomic E-state index is 4.57. The van der Waals surface area contributed by atoms with E-state index >= 15 is 0 Å². The number of nitrogens with zero attached hydrogens (tertiary/aromatic N) is 3. The molecule has 4 nitrogen and oxygen atoms in total. The molecule has 0 aliphatic rings. The topological polar surface area (TPSA) is 50.7 Å². The molecule has 0 aliphatic heterocycles. The Labute approximate surface area is 119 Å². The highest BCUT2D eigenvalue weighted by molar-refractivity contribution is 8.01. The van der Waals surface area contributed by atoms with E-state index in [0.29, 0.717) is 5.95 Å². The maximum Gasteiger partial charge on any atom is 0.224 e. The molecule has 0 saturated carbocycles. The number of nitrogens with one attached hydrogen (secondary N) is 1. The molecule has 2 aromatic heterocycles. The van der Waals surface area contributed by atoms with Crippen molar-refractivity contribution in [1.82, 2.24) is 15.0 Å². The van der Waals surface area contributed by atoms with Crippen LogP contribution in [0.1, 0.15) is 6.92 Å². The lowest BCUT2D eigenvalue weighted by Crippen LogP contribution is -2.03. The van der Waals surface area contributed by atoms with E-state index in [-0.39, 0.29) is 0 Å². The Bertz CT molecular complexity index is 682. The molecule has 3 rings (SSSR count). The molecule has 0 fully saturated rings. The summed E-state index contributed by atoms with van der Waals surface area (Å²) >= 11 is 3.20. The van der Waals surface area contributed by atoms with Crippen LogP contribution >= 0.6 is 23.1 Å². The lowest BCUT2D eigenvalue weighted by molar-refractivity contribution is 1.05. The standard InChI is InChI=1S/C13H12N4S2/c1-2-14-12-16-10-6-4-3-5-9(10)11(17-12)19-13-15-7-8-18-13/h3-8H,2H2,1H3,(H,14,16,17). The second-order valence-corrected chi connectivity index (χ2v) is 5.93. The van der Waals surface area contributed by atoms with Gasteiger partial charge in [-0.25, -0.2) is 15.0 Å². The van der Waals surface area contributed by atoms with Crippen LogP contribution in [-0.4, -0.2) is 21.5 Å². The molecule has 0 atom stereocenters. The second kappa shape index (κ2) is 5.54. The molecular formula is C13H12N4S2. The molecule has 0 spiro atoms. The van der Waals surface area contributed by atoms with E-state index in [0.717, 1.165) is 26.8 Å². The normalized spacial score (nSPS) is 10.8. The number of para-hydroxylation sites is 1. The van der Waals surface area contributed by atoms with Crippen molar-refractivity contribution < 1.29 is 0 Å². The number of anilines is 1. The molecule has 1 aromatic carbocycles. The van der Waals surface area contributed by atoms with Crippen LogP contribution in [-0.2, 0) is 0 Å².